The lowest BCUT2D eigenvalue weighted by Gasteiger charge is -2.12. The highest BCUT2D eigenvalue weighted by Gasteiger charge is 2.18. The molecule has 2 heterocycles. The molecule has 0 bridgehead atoms. The third-order valence-electron chi connectivity index (χ3n) is 4.55. The lowest BCUT2D eigenvalue weighted by molar-refractivity contribution is 0.0482. The van der Waals surface area contributed by atoms with E-state index in [1.165, 1.54) is 11.3 Å². The second kappa shape index (κ2) is 11.1. The van der Waals surface area contributed by atoms with Crippen molar-refractivity contribution >= 4 is 46.3 Å². The summed E-state index contributed by atoms with van der Waals surface area (Å²) >= 11 is 1.32. The van der Waals surface area contributed by atoms with Crippen LogP contribution in [0.4, 0.5) is 15.6 Å². The predicted molar refractivity (Wildman–Crippen MR) is 134 cm³/mol. The SMILES string of the molecule is CN(C)CCOC(=O)c1ccc(NC(=O)Nc2ncc(C=Cc3ncc(C(C)(C)C)o3)s2)cc1. The first kappa shape index (κ1) is 25.1. The highest BCUT2D eigenvalue weighted by atomic mass is 32.1. The van der Waals surface area contributed by atoms with Crippen LogP contribution < -0.4 is 10.6 Å². The number of hydrogen-bond acceptors (Lipinski definition) is 8. The fourth-order valence-corrected chi connectivity index (χ4v) is 3.35. The van der Waals surface area contributed by atoms with Crippen molar-refractivity contribution < 1.29 is 18.7 Å². The highest BCUT2D eigenvalue weighted by Crippen LogP contribution is 2.24. The first-order valence-electron chi connectivity index (χ1n) is 10.7. The van der Waals surface area contributed by atoms with Gasteiger partial charge < -0.3 is 19.4 Å². The number of esters is 1. The number of oxazole rings is 1. The van der Waals surface area contributed by atoms with Crippen LogP contribution in [0.5, 0.6) is 0 Å². The topological polar surface area (TPSA) is 110 Å². The zero-order valence-corrected chi connectivity index (χ0v) is 20.7. The van der Waals surface area contributed by atoms with Crippen LogP contribution in [0.3, 0.4) is 0 Å². The molecule has 0 aliphatic carbocycles. The van der Waals surface area contributed by atoms with Gasteiger partial charge in [-0.1, -0.05) is 32.1 Å². The minimum absolute atomic E-state index is 0.108. The van der Waals surface area contributed by atoms with Gasteiger partial charge in [0.05, 0.1) is 11.8 Å². The summed E-state index contributed by atoms with van der Waals surface area (Å²) in [6.07, 6.45) is 6.97. The molecule has 1 aromatic carbocycles. The predicted octanol–water partition coefficient (Wildman–Crippen LogP) is 4.96. The molecule has 3 aromatic rings. The Bertz CT molecular complexity index is 1140. The number of rotatable bonds is 8. The van der Waals surface area contributed by atoms with Crippen LogP contribution in [0.2, 0.25) is 0 Å². The molecule has 2 N–H and O–H groups in total. The molecule has 2 aromatic heterocycles. The summed E-state index contributed by atoms with van der Waals surface area (Å²) in [5.74, 6) is 0.918. The van der Waals surface area contributed by atoms with Gasteiger partial charge in [-0.3, -0.25) is 5.32 Å². The normalized spacial score (nSPS) is 11.7. The van der Waals surface area contributed by atoms with E-state index in [0.29, 0.717) is 35.4 Å². The van der Waals surface area contributed by atoms with Gasteiger partial charge in [0.1, 0.15) is 12.4 Å². The standard InChI is InChI=1S/C24H29N5O4S/c1-24(2,3)19-15-25-20(33-19)11-10-18-14-26-23(34-18)28-22(31)27-17-8-6-16(7-9-17)21(30)32-13-12-29(4)5/h6-11,14-15H,12-13H2,1-5H3,(H2,26,27,28,31). The van der Waals surface area contributed by atoms with Crippen LogP contribution in [-0.4, -0.2) is 54.1 Å². The Balaban J connectivity index is 1.50. The van der Waals surface area contributed by atoms with Crippen molar-refractivity contribution in [3.8, 4) is 0 Å². The van der Waals surface area contributed by atoms with Gasteiger partial charge >= 0.3 is 12.0 Å². The minimum Gasteiger partial charge on any atom is -0.461 e. The maximum atomic E-state index is 12.3. The maximum absolute atomic E-state index is 12.3. The summed E-state index contributed by atoms with van der Waals surface area (Å²) in [6, 6.07) is 6.05. The molecule has 3 rings (SSSR count). The third kappa shape index (κ3) is 7.53. The molecule has 34 heavy (non-hydrogen) atoms. The van der Waals surface area contributed by atoms with Gasteiger partial charge in [0.25, 0.3) is 0 Å². The van der Waals surface area contributed by atoms with E-state index in [9.17, 15) is 9.59 Å². The lowest BCUT2D eigenvalue weighted by Crippen LogP contribution is -2.20. The molecule has 0 unspecified atom stereocenters. The number of nitrogens with zero attached hydrogens (tertiary/aromatic N) is 3. The molecule has 0 fully saturated rings. The van der Waals surface area contributed by atoms with E-state index in [1.54, 1.807) is 42.7 Å². The van der Waals surface area contributed by atoms with Crippen LogP contribution in [0.1, 0.15) is 47.7 Å². The van der Waals surface area contributed by atoms with Gasteiger partial charge in [-0.15, -0.1) is 0 Å². The summed E-state index contributed by atoms with van der Waals surface area (Å²) in [7, 11) is 3.81. The second-order valence-corrected chi connectivity index (χ2v) is 9.87. The molecule has 0 saturated heterocycles. The Morgan fingerprint density at radius 3 is 2.47 bits per heavy atom. The molecule has 0 radical (unpaired) electrons. The van der Waals surface area contributed by atoms with Crippen LogP contribution >= 0.6 is 11.3 Å². The van der Waals surface area contributed by atoms with E-state index < -0.39 is 12.0 Å². The highest BCUT2D eigenvalue weighted by molar-refractivity contribution is 7.16. The number of carbonyl (C=O) groups excluding carboxylic acids is 2. The number of likely N-dealkylation sites (N-methyl/N-ethyl adjacent to an activating group) is 1. The molecular weight excluding hydrogens is 454 g/mol. The van der Waals surface area contributed by atoms with Crippen LogP contribution in [0, 0.1) is 0 Å². The van der Waals surface area contributed by atoms with Crippen molar-refractivity contribution in [1.82, 2.24) is 14.9 Å². The molecule has 0 aliphatic heterocycles. The summed E-state index contributed by atoms with van der Waals surface area (Å²) in [6.45, 7) is 7.14. The Hall–Kier alpha value is -3.50. The van der Waals surface area contributed by atoms with E-state index in [2.05, 4.69) is 41.4 Å². The lowest BCUT2D eigenvalue weighted by atomic mass is 9.94. The number of amides is 2. The summed E-state index contributed by atoms with van der Waals surface area (Å²) in [5, 5.41) is 5.86. The summed E-state index contributed by atoms with van der Waals surface area (Å²) in [4.78, 5) is 35.6. The largest absolute Gasteiger partial charge is 0.461 e. The van der Waals surface area contributed by atoms with Crippen molar-refractivity contribution in [2.24, 2.45) is 0 Å². The number of carbonyl (C=O) groups is 2. The van der Waals surface area contributed by atoms with Crippen molar-refractivity contribution in [3.63, 3.8) is 0 Å². The maximum Gasteiger partial charge on any atom is 0.338 e. The van der Waals surface area contributed by atoms with Crippen molar-refractivity contribution in [2.45, 2.75) is 26.2 Å². The number of benzene rings is 1. The van der Waals surface area contributed by atoms with Crippen LogP contribution in [-0.2, 0) is 10.2 Å². The fourth-order valence-electron chi connectivity index (χ4n) is 2.64. The minimum atomic E-state index is -0.436. The Morgan fingerprint density at radius 2 is 1.82 bits per heavy atom. The fraction of sp³-hybridized carbons (Fsp3) is 0.333. The molecule has 180 valence electrons. The Kier molecular flexibility index (Phi) is 8.19. The first-order valence-corrected chi connectivity index (χ1v) is 11.5. The Labute approximate surface area is 202 Å². The molecule has 0 spiro atoms. The Morgan fingerprint density at radius 1 is 1.09 bits per heavy atom. The summed E-state index contributed by atoms with van der Waals surface area (Å²) < 4.78 is 10.9. The number of thiazole rings is 1. The number of anilines is 2. The zero-order chi connectivity index (χ0) is 24.7. The van der Waals surface area contributed by atoms with Gasteiger partial charge in [-0.05, 0) is 44.4 Å². The number of ether oxygens (including phenoxy) is 1. The molecule has 2 amide bonds. The third-order valence-corrected chi connectivity index (χ3v) is 5.43. The van der Waals surface area contributed by atoms with Crippen molar-refractivity contribution in [2.75, 3.05) is 37.9 Å². The quantitative estimate of drug-likeness (QED) is 0.436. The van der Waals surface area contributed by atoms with E-state index in [4.69, 9.17) is 9.15 Å². The average Bonchev–Trinajstić information content (AvgIpc) is 3.41. The first-order chi connectivity index (χ1) is 16.1. The van der Waals surface area contributed by atoms with Crippen LogP contribution in [0.25, 0.3) is 12.2 Å². The number of nitrogens with one attached hydrogen (secondary N) is 2. The number of aromatic nitrogens is 2. The van der Waals surface area contributed by atoms with Gasteiger partial charge in [-0.2, -0.15) is 0 Å². The second-order valence-electron chi connectivity index (χ2n) is 8.81. The molecule has 0 atom stereocenters. The molecule has 0 saturated carbocycles. The van der Waals surface area contributed by atoms with Gasteiger partial charge in [0.2, 0.25) is 5.89 Å². The average molecular weight is 484 g/mol. The molecule has 10 heteroatoms. The number of urea groups is 1. The van der Waals surface area contributed by atoms with Gasteiger partial charge in [-0.25, -0.2) is 19.6 Å². The van der Waals surface area contributed by atoms with E-state index >= 15 is 0 Å². The smallest absolute Gasteiger partial charge is 0.338 e. The van der Waals surface area contributed by atoms with E-state index in [-0.39, 0.29) is 5.41 Å². The van der Waals surface area contributed by atoms with E-state index in [1.807, 2.05) is 25.1 Å². The van der Waals surface area contributed by atoms with Gasteiger partial charge in [0.15, 0.2) is 5.13 Å². The van der Waals surface area contributed by atoms with E-state index in [0.717, 1.165) is 10.6 Å². The number of hydrogen-bond donors (Lipinski definition) is 2. The van der Waals surface area contributed by atoms with Crippen molar-refractivity contribution in [3.05, 3.63) is 58.8 Å². The molecule has 9 nitrogen and oxygen atoms in total. The molecule has 0 aliphatic rings. The zero-order valence-electron chi connectivity index (χ0n) is 19.9. The summed E-state index contributed by atoms with van der Waals surface area (Å²) in [5.41, 5.74) is 0.850. The van der Waals surface area contributed by atoms with Crippen molar-refractivity contribution in [1.29, 1.82) is 0 Å². The van der Waals surface area contributed by atoms with Gasteiger partial charge in [0, 0.05) is 34.8 Å². The molecular formula is C24H29N5O4S. The van der Waals surface area contributed by atoms with Crippen LogP contribution in [0.15, 0.2) is 41.1 Å². The monoisotopic (exact) mass is 483 g/mol.